The van der Waals surface area contributed by atoms with Gasteiger partial charge in [-0.15, -0.1) is 0 Å². The van der Waals surface area contributed by atoms with Crippen molar-refractivity contribution in [3.63, 3.8) is 0 Å². The van der Waals surface area contributed by atoms with E-state index in [1.165, 1.54) is 0 Å². The summed E-state index contributed by atoms with van der Waals surface area (Å²) in [4.78, 5) is 28.7. The Morgan fingerprint density at radius 2 is 2.25 bits per heavy atom. The van der Waals surface area contributed by atoms with Gasteiger partial charge in [0.05, 0.1) is 12.5 Å². The van der Waals surface area contributed by atoms with Crippen molar-refractivity contribution in [1.82, 2.24) is 25.1 Å². The summed E-state index contributed by atoms with van der Waals surface area (Å²) in [5.74, 6) is -0.238. The first-order valence-corrected chi connectivity index (χ1v) is 9.35. The van der Waals surface area contributed by atoms with Gasteiger partial charge in [-0.3, -0.25) is 14.7 Å². The quantitative estimate of drug-likeness (QED) is 0.609. The highest BCUT2D eigenvalue weighted by molar-refractivity contribution is 5.97. The van der Waals surface area contributed by atoms with Crippen molar-refractivity contribution in [3.05, 3.63) is 66.0 Å². The Hall–Kier alpha value is -3.42. The maximum Gasteiger partial charge on any atom is 0.251 e. The predicted molar refractivity (Wildman–Crippen MR) is 104 cm³/mol. The van der Waals surface area contributed by atoms with Crippen LogP contribution >= 0.6 is 0 Å². The molecule has 0 spiro atoms. The van der Waals surface area contributed by atoms with E-state index < -0.39 is 0 Å². The zero-order chi connectivity index (χ0) is 19.3. The second kappa shape index (κ2) is 8.08. The normalized spacial score (nSPS) is 15.6. The minimum Gasteiger partial charge on any atom is -0.349 e. The highest BCUT2D eigenvalue weighted by Crippen LogP contribution is 2.19. The Balaban J connectivity index is 1.32. The van der Waals surface area contributed by atoms with E-state index in [0.29, 0.717) is 24.2 Å². The first-order chi connectivity index (χ1) is 13.7. The number of hydrogen-bond acceptors (Lipinski definition) is 4. The number of nitrogens with zero attached hydrogens (tertiary/aromatic N) is 3. The summed E-state index contributed by atoms with van der Waals surface area (Å²) >= 11 is 0. The van der Waals surface area contributed by atoms with Gasteiger partial charge < -0.3 is 15.2 Å². The summed E-state index contributed by atoms with van der Waals surface area (Å²) in [6, 6.07) is 7.10. The van der Waals surface area contributed by atoms with Crippen LogP contribution in [0.4, 0.5) is 5.69 Å². The molecule has 0 saturated heterocycles. The molecule has 0 radical (unpaired) electrons. The lowest BCUT2D eigenvalue weighted by Gasteiger charge is -2.23. The molecule has 0 bridgehead atoms. The molecule has 144 valence electrons. The fraction of sp³-hybridized carbons (Fsp3) is 0.300. The van der Waals surface area contributed by atoms with Crippen molar-refractivity contribution in [1.29, 1.82) is 0 Å². The van der Waals surface area contributed by atoms with Gasteiger partial charge in [0.1, 0.15) is 0 Å². The first-order valence-electron chi connectivity index (χ1n) is 9.35. The lowest BCUT2D eigenvalue weighted by atomic mass is 9.93. The van der Waals surface area contributed by atoms with Crippen LogP contribution in [-0.4, -0.2) is 37.6 Å². The number of amides is 2. The topological polar surface area (TPSA) is 105 Å². The molecule has 0 saturated carbocycles. The number of fused-ring (bicyclic) bond motifs is 1. The maximum atomic E-state index is 12.6. The molecule has 1 unspecified atom stereocenters. The molecule has 1 aliphatic rings. The van der Waals surface area contributed by atoms with Gasteiger partial charge in [-0.2, -0.15) is 5.10 Å². The SMILES string of the molecule is O=C(CCn1ccnc1)Nc1cccc(C(=O)NC2CCc3[nH]ncc3C2)c1. The minimum absolute atomic E-state index is 0.0889. The Kier molecular flexibility index (Phi) is 5.18. The Labute approximate surface area is 162 Å². The second-order valence-corrected chi connectivity index (χ2v) is 6.97. The summed E-state index contributed by atoms with van der Waals surface area (Å²) in [6.07, 6.45) is 9.88. The Bertz CT molecular complexity index is 963. The summed E-state index contributed by atoms with van der Waals surface area (Å²) in [6.45, 7) is 0.559. The molecule has 3 N–H and O–H groups in total. The number of nitrogens with one attached hydrogen (secondary N) is 3. The van der Waals surface area contributed by atoms with Crippen LogP contribution in [-0.2, 0) is 24.2 Å². The molecule has 28 heavy (non-hydrogen) atoms. The number of hydrogen-bond donors (Lipinski definition) is 3. The molecule has 0 fully saturated rings. The van der Waals surface area contributed by atoms with Crippen LogP contribution in [0.5, 0.6) is 0 Å². The number of rotatable bonds is 6. The summed E-state index contributed by atoms with van der Waals surface area (Å²) in [7, 11) is 0. The van der Waals surface area contributed by atoms with Crippen molar-refractivity contribution in [2.24, 2.45) is 0 Å². The first kappa shape index (κ1) is 18.0. The molecule has 3 aromatic rings. The van der Waals surface area contributed by atoms with E-state index in [1.807, 2.05) is 17.0 Å². The number of aromatic nitrogens is 4. The standard InChI is InChI=1S/C20H22N6O2/c27-19(6-8-26-9-7-21-13-26)23-16-3-1-2-14(10-16)20(28)24-17-4-5-18-15(11-17)12-22-25-18/h1-3,7,9-10,12-13,17H,4-6,8,11H2,(H,22,25)(H,23,27)(H,24,28). The summed E-state index contributed by atoms with van der Waals surface area (Å²) in [5.41, 5.74) is 3.47. The van der Waals surface area contributed by atoms with E-state index >= 15 is 0 Å². The number of anilines is 1. The molecule has 2 amide bonds. The largest absolute Gasteiger partial charge is 0.349 e. The smallest absolute Gasteiger partial charge is 0.251 e. The third-order valence-electron chi connectivity index (χ3n) is 4.92. The van der Waals surface area contributed by atoms with Gasteiger partial charge in [0.2, 0.25) is 5.91 Å². The van der Waals surface area contributed by atoms with Gasteiger partial charge >= 0.3 is 0 Å². The van der Waals surface area contributed by atoms with Gasteiger partial charge in [0.15, 0.2) is 0 Å². The van der Waals surface area contributed by atoms with Gasteiger partial charge in [0.25, 0.3) is 5.91 Å². The van der Waals surface area contributed by atoms with Gasteiger partial charge in [-0.1, -0.05) is 6.07 Å². The van der Waals surface area contributed by atoms with E-state index in [2.05, 4.69) is 25.8 Å². The van der Waals surface area contributed by atoms with Gasteiger partial charge in [-0.25, -0.2) is 4.98 Å². The Morgan fingerprint density at radius 3 is 3.11 bits per heavy atom. The van der Waals surface area contributed by atoms with Crippen LogP contribution in [0.2, 0.25) is 0 Å². The molecule has 4 rings (SSSR count). The van der Waals surface area contributed by atoms with Gasteiger partial charge in [-0.05, 0) is 43.0 Å². The number of H-pyrrole nitrogens is 1. The zero-order valence-corrected chi connectivity index (χ0v) is 15.4. The van der Waals surface area contributed by atoms with E-state index in [9.17, 15) is 9.59 Å². The fourth-order valence-corrected chi connectivity index (χ4v) is 3.42. The lowest BCUT2D eigenvalue weighted by Crippen LogP contribution is -2.38. The molecule has 0 aliphatic heterocycles. The number of benzene rings is 1. The third-order valence-corrected chi connectivity index (χ3v) is 4.92. The minimum atomic E-state index is -0.133. The average Bonchev–Trinajstić information content (AvgIpc) is 3.38. The second-order valence-electron chi connectivity index (χ2n) is 6.97. The van der Waals surface area contributed by atoms with E-state index in [0.717, 1.165) is 30.5 Å². The van der Waals surface area contributed by atoms with Crippen LogP contribution in [0, 0.1) is 0 Å². The predicted octanol–water partition coefficient (Wildman–Crippen LogP) is 1.92. The van der Waals surface area contributed by atoms with Crippen molar-refractivity contribution < 1.29 is 9.59 Å². The highest BCUT2D eigenvalue weighted by atomic mass is 16.2. The number of carbonyl (C=O) groups is 2. The number of imidazole rings is 1. The number of aromatic amines is 1. The lowest BCUT2D eigenvalue weighted by molar-refractivity contribution is -0.116. The van der Waals surface area contributed by atoms with Crippen LogP contribution in [0.3, 0.4) is 0 Å². The molecule has 1 aromatic carbocycles. The average molecular weight is 378 g/mol. The van der Waals surface area contributed by atoms with E-state index in [4.69, 9.17) is 0 Å². The third kappa shape index (κ3) is 4.28. The van der Waals surface area contributed by atoms with E-state index in [-0.39, 0.29) is 17.9 Å². The monoisotopic (exact) mass is 378 g/mol. The van der Waals surface area contributed by atoms with E-state index in [1.54, 1.807) is 36.8 Å². The molecule has 2 heterocycles. The number of aryl methyl sites for hydroxylation is 2. The summed E-state index contributed by atoms with van der Waals surface area (Å²) < 4.78 is 1.85. The van der Waals surface area contributed by atoms with Crippen LogP contribution in [0.15, 0.2) is 49.2 Å². The van der Waals surface area contributed by atoms with Crippen LogP contribution in [0.25, 0.3) is 0 Å². The molecular weight excluding hydrogens is 356 g/mol. The van der Waals surface area contributed by atoms with Crippen molar-refractivity contribution in [3.8, 4) is 0 Å². The zero-order valence-electron chi connectivity index (χ0n) is 15.4. The molecule has 1 aliphatic carbocycles. The van der Waals surface area contributed by atoms with Crippen LogP contribution < -0.4 is 10.6 Å². The maximum absolute atomic E-state index is 12.6. The van der Waals surface area contributed by atoms with Crippen molar-refractivity contribution in [2.75, 3.05) is 5.32 Å². The summed E-state index contributed by atoms with van der Waals surface area (Å²) in [5, 5.41) is 13.0. The molecular formula is C20H22N6O2. The molecule has 8 nitrogen and oxygen atoms in total. The van der Waals surface area contributed by atoms with Crippen molar-refractivity contribution in [2.45, 2.75) is 38.3 Å². The molecule has 8 heteroatoms. The van der Waals surface area contributed by atoms with Crippen molar-refractivity contribution >= 4 is 17.5 Å². The Morgan fingerprint density at radius 1 is 1.32 bits per heavy atom. The number of carbonyl (C=O) groups excluding carboxylic acids is 2. The molecule has 2 aromatic heterocycles. The molecule has 1 atom stereocenters. The fourth-order valence-electron chi connectivity index (χ4n) is 3.42. The van der Waals surface area contributed by atoms with Gasteiger partial charge in [0, 0.05) is 48.3 Å². The van der Waals surface area contributed by atoms with Crippen LogP contribution in [0.1, 0.15) is 34.5 Å². The highest BCUT2D eigenvalue weighted by Gasteiger charge is 2.22.